The molecule has 3 nitrogen and oxygen atoms in total. The molecule has 106 valence electrons. The Labute approximate surface area is 134 Å². The Balaban J connectivity index is 2.13. The third kappa shape index (κ3) is 2.99. The van der Waals surface area contributed by atoms with Gasteiger partial charge in [-0.25, -0.2) is 4.98 Å². The molecule has 0 bridgehead atoms. The Morgan fingerprint density at radius 3 is 2.81 bits per heavy atom. The molecule has 0 atom stereocenters. The normalized spacial score (nSPS) is 10.8. The molecule has 0 saturated heterocycles. The van der Waals surface area contributed by atoms with Crippen molar-refractivity contribution in [3.05, 3.63) is 48.0 Å². The van der Waals surface area contributed by atoms with Gasteiger partial charge in [0.05, 0.1) is 15.8 Å². The van der Waals surface area contributed by atoms with Crippen molar-refractivity contribution >= 4 is 43.5 Å². The number of hydrogen-bond acceptors (Lipinski definition) is 4. The lowest BCUT2D eigenvalue weighted by Gasteiger charge is -2.08. The van der Waals surface area contributed by atoms with Crippen LogP contribution in [0.5, 0.6) is 5.75 Å². The Hall–Kier alpha value is -1.72. The van der Waals surface area contributed by atoms with E-state index in [0.717, 1.165) is 26.4 Å². The summed E-state index contributed by atoms with van der Waals surface area (Å²) in [6, 6.07) is 13.8. The highest BCUT2D eigenvalue weighted by Crippen LogP contribution is 2.36. The number of carbonyl (C=O) groups excluding carboxylic acids is 1. The van der Waals surface area contributed by atoms with Gasteiger partial charge in [0, 0.05) is 12.3 Å². The van der Waals surface area contributed by atoms with E-state index < -0.39 is 0 Å². The van der Waals surface area contributed by atoms with Crippen molar-refractivity contribution in [3.63, 3.8) is 0 Å². The summed E-state index contributed by atoms with van der Waals surface area (Å²) in [7, 11) is 0. The molecule has 5 heteroatoms. The third-order valence-electron chi connectivity index (χ3n) is 2.98. The van der Waals surface area contributed by atoms with Gasteiger partial charge in [0.2, 0.25) is 0 Å². The zero-order valence-electron chi connectivity index (χ0n) is 11.3. The number of fused-ring (bicyclic) bond motifs is 1. The lowest BCUT2D eigenvalue weighted by molar-refractivity contribution is -0.131. The minimum absolute atomic E-state index is 0.330. The number of esters is 1. The molecule has 0 N–H and O–H groups in total. The Morgan fingerprint density at radius 2 is 2.10 bits per heavy atom. The maximum atomic E-state index is 11.3. The third-order valence-corrected chi connectivity index (χ3v) is 4.70. The van der Waals surface area contributed by atoms with Crippen LogP contribution in [0.15, 0.2) is 42.5 Å². The van der Waals surface area contributed by atoms with Gasteiger partial charge in [-0.1, -0.05) is 34.1 Å². The number of aromatic nitrogens is 1. The van der Waals surface area contributed by atoms with Crippen molar-refractivity contribution in [2.75, 3.05) is 0 Å². The molecule has 3 aromatic rings. The van der Waals surface area contributed by atoms with Crippen molar-refractivity contribution in [2.45, 2.75) is 12.3 Å². The molecule has 0 fully saturated rings. The van der Waals surface area contributed by atoms with Crippen molar-refractivity contribution in [2.24, 2.45) is 0 Å². The fourth-order valence-corrected chi connectivity index (χ4v) is 3.40. The highest BCUT2D eigenvalue weighted by molar-refractivity contribution is 9.08. The van der Waals surface area contributed by atoms with Crippen LogP contribution in [0.3, 0.4) is 0 Å². The summed E-state index contributed by atoms with van der Waals surface area (Å²) in [5.74, 6) is 0.225. The van der Waals surface area contributed by atoms with E-state index >= 15 is 0 Å². The summed E-state index contributed by atoms with van der Waals surface area (Å²) in [6.45, 7) is 1.41. The molecule has 3 rings (SSSR count). The number of halogens is 1. The predicted molar refractivity (Wildman–Crippen MR) is 89.0 cm³/mol. The minimum Gasteiger partial charge on any atom is -0.426 e. The number of thiazole rings is 1. The quantitative estimate of drug-likeness (QED) is 0.382. The summed E-state index contributed by atoms with van der Waals surface area (Å²) >= 11 is 5.00. The maximum Gasteiger partial charge on any atom is 0.308 e. The number of nitrogens with zero attached hydrogens (tertiary/aromatic N) is 1. The second kappa shape index (κ2) is 5.95. The number of alkyl halides is 1. The molecule has 2 aromatic carbocycles. The molecule has 0 spiro atoms. The Morgan fingerprint density at radius 1 is 1.29 bits per heavy atom. The number of rotatable bonds is 3. The monoisotopic (exact) mass is 361 g/mol. The predicted octanol–water partition coefficient (Wildman–Crippen LogP) is 4.78. The molecule has 0 aliphatic heterocycles. The van der Waals surface area contributed by atoms with E-state index in [4.69, 9.17) is 4.74 Å². The zero-order chi connectivity index (χ0) is 14.8. The van der Waals surface area contributed by atoms with Crippen LogP contribution in [-0.2, 0) is 10.1 Å². The molecule has 1 aromatic heterocycles. The van der Waals surface area contributed by atoms with Crippen LogP contribution in [0, 0.1) is 0 Å². The molecule has 0 unspecified atom stereocenters. The summed E-state index contributed by atoms with van der Waals surface area (Å²) in [6.07, 6.45) is 0. The van der Waals surface area contributed by atoms with Crippen LogP contribution in [0.25, 0.3) is 20.8 Å². The fourth-order valence-electron chi connectivity index (χ4n) is 2.05. The van der Waals surface area contributed by atoms with E-state index in [1.807, 2.05) is 42.5 Å². The van der Waals surface area contributed by atoms with E-state index in [0.29, 0.717) is 11.1 Å². The first-order chi connectivity index (χ1) is 10.2. The van der Waals surface area contributed by atoms with Gasteiger partial charge in [-0.15, -0.1) is 11.3 Å². The average molecular weight is 362 g/mol. The summed E-state index contributed by atoms with van der Waals surface area (Å²) < 4.78 is 6.46. The number of ether oxygens (including phenoxy) is 1. The summed E-state index contributed by atoms with van der Waals surface area (Å²) in [5.41, 5.74) is 2.85. The van der Waals surface area contributed by atoms with Crippen molar-refractivity contribution in [1.29, 1.82) is 0 Å². The number of hydrogen-bond donors (Lipinski definition) is 0. The molecule has 0 amide bonds. The SMILES string of the molecule is CC(=O)Oc1cc(CBr)ccc1-c1nc2ccccc2s1. The van der Waals surface area contributed by atoms with E-state index in [9.17, 15) is 4.79 Å². The standard InChI is InChI=1S/C16H12BrNO2S/c1-10(19)20-14-8-11(9-17)6-7-12(14)16-18-13-4-2-3-5-15(13)21-16/h2-8H,9H2,1H3. The number of benzene rings is 2. The van der Waals surface area contributed by atoms with E-state index in [2.05, 4.69) is 20.9 Å². The van der Waals surface area contributed by atoms with Gasteiger partial charge < -0.3 is 4.74 Å². The second-order valence-electron chi connectivity index (χ2n) is 4.54. The molecule has 1 heterocycles. The maximum absolute atomic E-state index is 11.3. The molecule has 21 heavy (non-hydrogen) atoms. The number of para-hydroxylation sites is 1. The van der Waals surface area contributed by atoms with Gasteiger partial charge in [-0.2, -0.15) is 0 Å². The topological polar surface area (TPSA) is 39.2 Å². The summed E-state index contributed by atoms with van der Waals surface area (Å²) in [5, 5.41) is 1.56. The minimum atomic E-state index is -0.330. The highest BCUT2D eigenvalue weighted by atomic mass is 79.9. The lowest BCUT2D eigenvalue weighted by Crippen LogP contribution is -2.03. The van der Waals surface area contributed by atoms with Crippen LogP contribution in [0.1, 0.15) is 12.5 Å². The van der Waals surface area contributed by atoms with E-state index in [1.165, 1.54) is 6.92 Å². The van der Waals surface area contributed by atoms with E-state index in [1.54, 1.807) is 11.3 Å². The van der Waals surface area contributed by atoms with Gasteiger partial charge in [-0.3, -0.25) is 4.79 Å². The molecule has 0 saturated carbocycles. The molecule has 0 aliphatic carbocycles. The Kier molecular flexibility index (Phi) is 4.03. The highest BCUT2D eigenvalue weighted by Gasteiger charge is 2.13. The van der Waals surface area contributed by atoms with Crippen molar-refractivity contribution in [1.82, 2.24) is 4.98 Å². The Bertz CT molecular complexity index is 780. The molecule has 0 radical (unpaired) electrons. The largest absolute Gasteiger partial charge is 0.426 e. The fraction of sp³-hybridized carbons (Fsp3) is 0.125. The lowest BCUT2D eigenvalue weighted by atomic mass is 10.1. The van der Waals surface area contributed by atoms with Gasteiger partial charge >= 0.3 is 5.97 Å². The van der Waals surface area contributed by atoms with Gasteiger partial charge in [0.15, 0.2) is 0 Å². The number of carbonyl (C=O) groups is 1. The van der Waals surface area contributed by atoms with Crippen molar-refractivity contribution in [3.8, 4) is 16.3 Å². The van der Waals surface area contributed by atoms with Gasteiger partial charge in [0.25, 0.3) is 0 Å². The molecular weight excluding hydrogens is 350 g/mol. The van der Waals surface area contributed by atoms with Crippen LogP contribution in [-0.4, -0.2) is 11.0 Å². The first-order valence-electron chi connectivity index (χ1n) is 6.40. The van der Waals surface area contributed by atoms with Crippen molar-refractivity contribution < 1.29 is 9.53 Å². The van der Waals surface area contributed by atoms with E-state index in [-0.39, 0.29) is 5.97 Å². The van der Waals surface area contributed by atoms with Gasteiger partial charge in [-0.05, 0) is 29.8 Å². The van der Waals surface area contributed by atoms with Crippen LogP contribution >= 0.6 is 27.3 Å². The first-order valence-corrected chi connectivity index (χ1v) is 8.34. The second-order valence-corrected chi connectivity index (χ2v) is 6.14. The van der Waals surface area contributed by atoms with Crippen LogP contribution in [0.4, 0.5) is 0 Å². The molecular formula is C16H12BrNO2S. The zero-order valence-corrected chi connectivity index (χ0v) is 13.7. The van der Waals surface area contributed by atoms with Crippen LogP contribution in [0.2, 0.25) is 0 Å². The summed E-state index contributed by atoms with van der Waals surface area (Å²) in [4.78, 5) is 15.9. The smallest absolute Gasteiger partial charge is 0.308 e. The average Bonchev–Trinajstić information content (AvgIpc) is 2.90. The van der Waals surface area contributed by atoms with Crippen LogP contribution < -0.4 is 4.74 Å². The first kappa shape index (κ1) is 14.2. The molecule has 0 aliphatic rings. The van der Waals surface area contributed by atoms with Gasteiger partial charge in [0.1, 0.15) is 10.8 Å².